The molecule has 0 spiro atoms. The lowest BCUT2D eigenvalue weighted by Gasteiger charge is -2.19. The molecule has 154 valence electrons. The summed E-state index contributed by atoms with van der Waals surface area (Å²) in [6, 6.07) is 9.51. The molecule has 0 radical (unpaired) electrons. The van der Waals surface area contributed by atoms with Gasteiger partial charge in [-0.15, -0.1) is 0 Å². The smallest absolute Gasteiger partial charge is 0.319 e. The maximum absolute atomic E-state index is 12.9. The number of carbonyl (C=O) groups is 2. The molecule has 1 aliphatic heterocycles. The monoisotopic (exact) mass is 416 g/mol. The second-order valence-corrected chi connectivity index (χ2v) is 9.13. The number of primary amides is 1. The van der Waals surface area contributed by atoms with Crippen molar-refractivity contribution in [2.24, 2.45) is 5.73 Å². The van der Waals surface area contributed by atoms with Crippen molar-refractivity contribution in [3.8, 4) is 0 Å². The van der Waals surface area contributed by atoms with Crippen molar-refractivity contribution in [3.63, 3.8) is 0 Å². The summed E-state index contributed by atoms with van der Waals surface area (Å²) in [5.74, 6) is -0.425. The zero-order valence-corrected chi connectivity index (χ0v) is 17.4. The van der Waals surface area contributed by atoms with Crippen molar-refractivity contribution >= 4 is 33.3 Å². The Bertz CT molecular complexity index is 1080. The first-order valence-electron chi connectivity index (χ1n) is 9.13. The third kappa shape index (κ3) is 4.10. The summed E-state index contributed by atoms with van der Waals surface area (Å²) in [6.07, 6.45) is 0.526. The van der Waals surface area contributed by atoms with Gasteiger partial charge in [-0.1, -0.05) is 12.1 Å². The van der Waals surface area contributed by atoms with Gasteiger partial charge >= 0.3 is 6.03 Å². The molecule has 1 aliphatic rings. The lowest BCUT2D eigenvalue weighted by atomic mass is 10.1. The van der Waals surface area contributed by atoms with Crippen LogP contribution in [0.25, 0.3) is 0 Å². The van der Waals surface area contributed by atoms with Gasteiger partial charge in [0.25, 0.3) is 0 Å². The van der Waals surface area contributed by atoms with Crippen LogP contribution in [0.15, 0.2) is 41.3 Å². The Morgan fingerprint density at radius 3 is 2.62 bits per heavy atom. The molecule has 2 aromatic rings. The average Bonchev–Trinajstić information content (AvgIpc) is 3.09. The van der Waals surface area contributed by atoms with Crippen LogP contribution in [0.2, 0.25) is 0 Å². The molecule has 0 aliphatic carbocycles. The molecule has 0 unspecified atom stereocenters. The predicted octanol–water partition coefficient (Wildman–Crippen LogP) is 2.00. The maximum Gasteiger partial charge on any atom is 0.319 e. The number of nitrogens with zero attached hydrogens (tertiary/aromatic N) is 2. The second-order valence-electron chi connectivity index (χ2n) is 7.09. The van der Waals surface area contributed by atoms with E-state index in [2.05, 4.69) is 5.32 Å². The number of likely N-dealkylation sites (N-methyl/N-ethyl adjacent to an activating group) is 1. The highest BCUT2D eigenvalue weighted by Gasteiger charge is 2.28. The Balaban J connectivity index is 1.75. The number of carbonyl (C=O) groups excluding carboxylic acids is 2. The van der Waals surface area contributed by atoms with Crippen molar-refractivity contribution in [1.29, 1.82) is 0 Å². The van der Waals surface area contributed by atoms with E-state index in [1.54, 1.807) is 12.1 Å². The Hall–Kier alpha value is -2.91. The van der Waals surface area contributed by atoms with Gasteiger partial charge in [-0.3, -0.25) is 9.69 Å². The number of urea groups is 1. The van der Waals surface area contributed by atoms with Crippen LogP contribution in [-0.4, -0.2) is 44.8 Å². The molecular weight excluding hydrogens is 392 g/mol. The zero-order chi connectivity index (χ0) is 21.3. The number of rotatable bonds is 5. The summed E-state index contributed by atoms with van der Waals surface area (Å²) in [5.41, 5.74) is 9.32. The first kappa shape index (κ1) is 20.8. The van der Waals surface area contributed by atoms with Crippen molar-refractivity contribution in [1.82, 2.24) is 4.31 Å². The van der Waals surface area contributed by atoms with Crippen LogP contribution in [0.1, 0.15) is 16.7 Å². The Morgan fingerprint density at radius 2 is 1.93 bits per heavy atom. The van der Waals surface area contributed by atoms with E-state index in [1.165, 1.54) is 24.1 Å². The van der Waals surface area contributed by atoms with Crippen LogP contribution in [0.3, 0.4) is 0 Å². The van der Waals surface area contributed by atoms with Gasteiger partial charge in [-0.05, 0) is 61.2 Å². The molecule has 3 N–H and O–H groups in total. The van der Waals surface area contributed by atoms with Crippen LogP contribution in [0.4, 0.5) is 16.2 Å². The minimum absolute atomic E-state index is 0.0737. The number of sulfonamides is 1. The Morgan fingerprint density at radius 1 is 1.21 bits per heavy atom. The van der Waals surface area contributed by atoms with Gasteiger partial charge in [0.2, 0.25) is 15.9 Å². The number of nitrogens with two attached hydrogens (primary N) is 1. The van der Waals surface area contributed by atoms with Crippen LogP contribution < -0.4 is 16.0 Å². The fourth-order valence-electron chi connectivity index (χ4n) is 3.31. The largest absolute Gasteiger partial charge is 0.351 e. The number of hydrogen-bond donors (Lipinski definition) is 2. The maximum atomic E-state index is 12.9. The molecular formula is C20H24N4O4S. The van der Waals surface area contributed by atoms with Crippen LogP contribution in [-0.2, 0) is 21.2 Å². The third-order valence-electron chi connectivity index (χ3n) is 5.17. The van der Waals surface area contributed by atoms with E-state index in [1.807, 2.05) is 26.0 Å². The summed E-state index contributed by atoms with van der Waals surface area (Å²) in [4.78, 5) is 25.3. The quantitative estimate of drug-likeness (QED) is 0.776. The van der Waals surface area contributed by atoms with E-state index in [4.69, 9.17) is 5.73 Å². The molecule has 0 saturated heterocycles. The highest BCUT2D eigenvalue weighted by atomic mass is 32.2. The van der Waals surface area contributed by atoms with Gasteiger partial charge in [0.1, 0.15) is 0 Å². The molecule has 0 atom stereocenters. The number of nitrogens with one attached hydrogen (secondary N) is 1. The lowest BCUT2D eigenvalue weighted by molar-refractivity contribution is -0.116. The number of anilines is 2. The third-order valence-corrected chi connectivity index (χ3v) is 6.97. The summed E-state index contributed by atoms with van der Waals surface area (Å²) >= 11 is 0. The molecule has 2 aromatic carbocycles. The van der Waals surface area contributed by atoms with Crippen LogP contribution in [0.5, 0.6) is 0 Å². The van der Waals surface area contributed by atoms with Gasteiger partial charge < -0.3 is 11.1 Å². The number of amides is 3. The Kier molecular flexibility index (Phi) is 5.63. The summed E-state index contributed by atoms with van der Waals surface area (Å²) in [7, 11) is -2.50. The summed E-state index contributed by atoms with van der Waals surface area (Å²) in [6.45, 7) is 3.93. The highest BCUT2D eigenvalue weighted by molar-refractivity contribution is 7.89. The molecule has 3 amide bonds. The Labute approximate surface area is 170 Å². The molecule has 0 aromatic heterocycles. The zero-order valence-electron chi connectivity index (χ0n) is 16.6. The number of aryl methyl sites for hydroxylation is 1. The lowest BCUT2D eigenvalue weighted by Crippen LogP contribution is -2.35. The molecule has 8 nitrogen and oxygen atoms in total. The minimum atomic E-state index is -3.87. The first-order chi connectivity index (χ1) is 13.6. The van der Waals surface area contributed by atoms with Crippen molar-refractivity contribution in [2.75, 3.05) is 30.4 Å². The summed E-state index contributed by atoms with van der Waals surface area (Å²) < 4.78 is 26.8. The molecule has 9 heteroatoms. The van der Waals surface area contributed by atoms with E-state index < -0.39 is 22.0 Å². The van der Waals surface area contributed by atoms with E-state index in [0.717, 1.165) is 21.0 Å². The van der Waals surface area contributed by atoms with Crippen molar-refractivity contribution in [2.45, 2.75) is 25.2 Å². The normalized spacial score (nSPS) is 13.4. The van der Waals surface area contributed by atoms with Crippen molar-refractivity contribution < 1.29 is 18.0 Å². The van der Waals surface area contributed by atoms with Crippen LogP contribution in [0, 0.1) is 13.8 Å². The highest BCUT2D eigenvalue weighted by Crippen LogP contribution is 2.30. The van der Waals surface area contributed by atoms with Crippen molar-refractivity contribution in [3.05, 3.63) is 53.1 Å². The van der Waals surface area contributed by atoms with E-state index in [-0.39, 0.29) is 11.4 Å². The second kappa shape index (κ2) is 7.84. The minimum Gasteiger partial charge on any atom is -0.351 e. The number of fused-ring (bicyclic) bond motifs is 1. The fraction of sp³-hybridized carbons (Fsp3) is 0.300. The molecule has 0 saturated carbocycles. The number of benzene rings is 2. The summed E-state index contributed by atoms with van der Waals surface area (Å²) in [5, 5.41) is 2.76. The fourth-order valence-corrected chi connectivity index (χ4v) is 4.49. The average molecular weight is 417 g/mol. The van der Waals surface area contributed by atoms with E-state index >= 15 is 0 Å². The van der Waals surface area contributed by atoms with Gasteiger partial charge in [-0.25, -0.2) is 13.2 Å². The molecule has 0 bridgehead atoms. The van der Waals surface area contributed by atoms with E-state index in [0.29, 0.717) is 24.3 Å². The van der Waals surface area contributed by atoms with Gasteiger partial charge in [0, 0.05) is 25.0 Å². The van der Waals surface area contributed by atoms with Crippen LogP contribution >= 0.6 is 0 Å². The van der Waals surface area contributed by atoms with Gasteiger partial charge in [-0.2, -0.15) is 4.31 Å². The molecule has 3 rings (SSSR count). The van der Waals surface area contributed by atoms with Gasteiger partial charge in [0.15, 0.2) is 0 Å². The predicted molar refractivity (Wildman–Crippen MR) is 111 cm³/mol. The molecule has 0 fully saturated rings. The number of hydrogen-bond acceptors (Lipinski definition) is 4. The molecule has 1 heterocycles. The SMILES string of the molecule is Cc1cccc(NC(=O)CN(C)S(=O)(=O)c2ccc3c(c2)CCN3C(N)=O)c1C. The van der Waals surface area contributed by atoms with E-state index in [9.17, 15) is 18.0 Å². The standard InChI is InChI=1S/C20H24N4O4S/c1-13-5-4-6-17(14(13)2)22-19(25)12-23(3)29(27,28)16-7-8-18-15(11-16)9-10-24(18)20(21)26/h4-8,11H,9-10,12H2,1-3H3,(H2,21,26)(H,22,25). The van der Waals surface area contributed by atoms with Gasteiger partial charge in [0.05, 0.1) is 11.4 Å². The first-order valence-corrected chi connectivity index (χ1v) is 10.6. The topological polar surface area (TPSA) is 113 Å². The molecule has 29 heavy (non-hydrogen) atoms.